The minimum atomic E-state index is -0.0762. The fraction of sp³-hybridized carbons (Fsp3) is 0.312. The molecule has 3 aromatic rings. The number of hydrogen-bond donors (Lipinski definition) is 1. The number of thioether (sulfide) groups is 1. The van der Waals surface area contributed by atoms with Crippen LogP contribution in [0.25, 0.3) is 6.08 Å². The Labute approximate surface area is 224 Å². The van der Waals surface area contributed by atoms with Crippen LogP contribution in [0.2, 0.25) is 0 Å². The molecule has 2 unspecified atom stereocenters. The lowest BCUT2D eigenvalue weighted by Gasteiger charge is -2.44. The van der Waals surface area contributed by atoms with E-state index in [1.54, 1.807) is 11.8 Å². The Kier molecular flexibility index (Phi) is 8.10. The fourth-order valence-electron chi connectivity index (χ4n) is 5.28. The number of hydrogen-bond acceptors (Lipinski definition) is 3. The maximum absolute atomic E-state index is 13.7. The van der Waals surface area contributed by atoms with E-state index in [0.29, 0.717) is 29.9 Å². The summed E-state index contributed by atoms with van der Waals surface area (Å²) in [6.45, 7) is 3.37. The number of rotatable bonds is 7. The largest absolute Gasteiger partial charge is 0.352 e. The molecule has 1 aliphatic carbocycles. The molecule has 3 aromatic carbocycles. The van der Waals surface area contributed by atoms with Crippen molar-refractivity contribution in [2.24, 2.45) is 0 Å². The Morgan fingerprint density at radius 3 is 2.49 bits per heavy atom. The van der Waals surface area contributed by atoms with Gasteiger partial charge in [0.25, 0.3) is 11.8 Å². The number of benzene rings is 3. The Hall–Kier alpha value is -3.31. The normalized spacial score (nSPS) is 20.5. The molecule has 5 rings (SSSR count). The van der Waals surface area contributed by atoms with Crippen molar-refractivity contribution >= 4 is 29.7 Å². The number of carbonyl (C=O) groups excluding carboxylic acids is 2. The number of nitrogens with one attached hydrogen (secondary N) is 1. The number of aryl methyl sites for hydroxylation is 1. The van der Waals surface area contributed by atoms with E-state index in [9.17, 15) is 9.59 Å². The summed E-state index contributed by atoms with van der Waals surface area (Å²) in [6, 6.07) is 26.4. The molecule has 190 valence electrons. The van der Waals surface area contributed by atoms with Crippen molar-refractivity contribution in [1.82, 2.24) is 10.2 Å². The molecule has 1 heterocycles. The minimum Gasteiger partial charge on any atom is -0.352 e. The highest BCUT2D eigenvalue weighted by Crippen LogP contribution is 2.42. The highest BCUT2D eigenvalue weighted by atomic mass is 32.2. The van der Waals surface area contributed by atoms with Crippen LogP contribution in [0.3, 0.4) is 0 Å². The van der Waals surface area contributed by atoms with Crippen LogP contribution in [-0.4, -0.2) is 34.6 Å². The average Bonchev–Trinajstić information content (AvgIpc) is 2.93. The van der Waals surface area contributed by atoms with Crippen LogP contribution in [0.1, 0.15) is 58.3 Å². The summed E-state index contributed by atoms with van der Waals surface area (Å²) in [6.07, 6.45) is 7.44. The maximum Gasteiger partial charge on any atom is 0.260 e. The highest BCUT2D eigenvalue weighted by molar-refractivity contribution is 8.04. The van der Waals surface area contributed by atoms with Crippen LogP contribution in [0.5, 0.6) is 0 Å². The Balaban J connectivity index is 1.27. The van der Waals surface area contributed by atoms with E-state index in [1.807, 2.05) is 48.5 Å². The molecule has 2 fully saturated rings. The van der Waals surface area contributed by atoms with E-state index in [-0.39, 0.29) is 11.8 Å². The molecule has 2 atom stereocenters. The Morgan fingerprint density at radius 2 is 1.70 bits per heavy atom. The first kappa shape index (κ1) is 25.3. The van der Waals surface area contributed by atoms with Crippen molar-refractivity contribution in [2.45, 2.75) is 56.9 Å². The standard InChI is InChI=1S/C32H34N2O2S/c1-23-9-5-6-12-27(23)22-34-28-13-7-8-14-29(28)37-30(32(34)36)21-25-15-17-26(18-16-25)31(35)33-20-19-24-10-3-2-4-11-24/h2-6,9-12,15-18,21,28-29H,7-8,13-14,19-20,22H2,1H3,(H,33,35)/b30-21+. The van der Waals surface area contributed by atoms with Crippen molar-refractivity contribution in [1.29, 1.82) is 0 Å². The van der Waals surface area contributed by atoms with Crippen molar-refractivity contribution < 1.29 is 9.59 Å². The molecule has 0 bridgehead atoms. The second-order valence-corrected chi connectivity index (χ2v) is 11.3. The zero-order valence-electron chi connectivity index (χ0n) is 21.4. The summed E-state index contributed by atoms with van der Waals surface area (Å²) in [5.74, 6) is 0.0480. The smallest absolute Gasteiger partial charge is 0.260 e. The summed E-state index contributed by atoms with van der Waals surface area (Å²) in [7, 11) is 0. The van der Waals surface area contributed by atoms with Gasteiger partial charge in [-0.2, -0.15) is 0 Å². The predicted molar refractivity (Wildman–Crippen MR) is 152 cm³/mol. The molecule has 37 heavy (non-hydrogen) atoms. The number of carbonyl (C=O) groups is 2. The Bertz CT molecular complexity index is 1270. The molecule has 4 nitrogen and oxygen atoms in total. The number of amides is 2. The number of nitrogens with zero attached hydrogens (tertiary/aromatic N) is 1. The van der Waals surface area contributed by atoms with Crippen LogP contribution in [-0.2, 0) is 17.8 Å². The second-order valence-electron chi connectivity index (χ2n) is 9.99. The molecule has 1 saturated carbocycles. The summed E-state index contributed by atoms with van der Waals surface area (Å²) >= 11 is 1.75. The van der Waals surface area contributed by atoms with Gasteiger partial charge in [0.1, 0.15) is 0 Å². The van der Waals surface area contributed by atoms with Crippen LogP contribution in [0.4, 0.5) is 0 Å². The SMILES string of the molecule is Cc1ccccc1CN1C(=O)/C(=C\c2ccc(C(=O)NCCc3ccccc3)cc2)SC2CCCCC21. The van der Waals surface area contributed by atoms with Gasteiger partial charge in [-0.25, -0.2) is 0 Å². The third-order valence-corrected chi connectivity index (χ3v) is 8.83. The lowest BCUT2D eigenvalue weighted by Crippen LogP contribution is -2.50. The van der Waals surface area contributed by atoms with Gasteiger partial charge >= 0.3 is 0 Å². The summed E-state index contributed by atoms with van der Waals surface area (Å²) in [5.41, 5.74) is 5.22. The summed E-state index contributed by atoms with van der Waals surface area (Å²) in [4.78, 5) is 29.2. The molecular weight excluding hydrogens is 476 g/mol. The quantitative estimate of drug-likeness (QED) is 0.375. The lowest BCUT2D eigenvalue weighted by atomic mass is 9.92. The molecule has 2 aliphatic rings. The maximum atomic E-state index is 13.7. The van der Waals surface area contributed by atoms with Gasteiger partial charge in [0.05, 0.1) is 4.91 Å². The average molecular weight is 511 g/mol. The third-order valence-electron chi connectivity index (χ3n) is 7.43. The van der Waals surface area contributed by atoms with E-state index in [4.69, 9.17) is 0 Å². The first-order chi connectivity index (χ1) is 18.1. The third kappa shape index (κ3) is 6.16. The topological polar surface area (TPSA) is 49.4 Å². The second kappa shape index (κ2) is 11.8. The van der Waals surface area contributed by atoms with Gasteiger partial charge < -0.3 is 10.2 Å². The van der Waals surface area contributed by atoms with Gasteiger partial charge in [-0.05, 0) is 66.6 Å². The monoisotopic (exact) mass is 510 g/mol. The van der Waals surface area contributed by atoms with E-state index >= 15 is 0 Å². The van der Waals surface area contributed by atoms with Crippen molar-refractivity contribution in [3.8, 4) is 0 Å². The van der Waals surface area contributed by atoms with E-state index in [0.717, 1.165) is 29.7 Å². The summed E-state index contributed by atoms with van der Waals surface area (Å²) < 4.78 is 0. The molecular formula is C32H34N2O2S. The molecule has 1 saturated heterocycles. The first-order valence-corrected chi connectivity index (χ1v) is 14.1. The van der Waals surface area contributed by atoms with Crippen LogP contribution in [0.15, 0.2) is 83.8 Å². The zero-order chi connectivity index (χ0) is 25.6. The van der Waals surface area contributed by atoms with Gasteiger partial charge in [0, 0.05) is 29.9 Å². The van der Waals surface area contributed by atoms with Gasteiger partial charge in [-0.15, -0.1) is 11.8 Å². The van der Waals surface area contributed by atoms with E-state index in [1.165, 1.54) is 29.5 Å². The Morgan fingerprint density at radius 1 is 0.973 bits per heavy atom. The summed E-state index contributed by atoms with van der Waals surface area (Å²) in [5, 5.41) is 3.44. The van der Waals surface area contributed by atoms with Crippen LogP contribution in [0, 0.1) is 6.92 Å². The van der Waals surface area contributed by atoms with E-state index in [2.05, 4.69) is 53.5 Å². The minimum absolute atomic E-state index is 0.0762. The molecule has 0 aromatic heterocycles. The zero-order valence-corrected chi connectivity index (χ0v) is 22.2. The molecule has 5 heteroatoms. The van der Waals surface area contributed by atoms with Crippen molar-refractivity contribution in [3.05, 3.63) is 112 Å². The highest BCUT2D eigenvalue weighted by Gasteiger charge is 2.40. The van der Waals surface area contributed by atoms with Gasteiger partial charge in [-0.1, -0.05) is 79.6 Å². The van der Waals surface area contributed by atoms with Gasteiger partial charge in [0.15, 0.2) is 0 Å². The van der Waals surface area contributed by atoms with Crippen molar-refractivity contribution in [3.63, 3.8) is 0 Å². The first-order valence-electron chi connectivity index (χ1n) is 13.2. The molecule has 1 N–H and O–H groups in total. The van der Waals surface area contributed by atoms with Crippen LogP contribution >= 0.6 is 11.8 Å². The van der Waals surface area contributed by atoms with Crippen molar-refractivity contribution in [2.75, 3.05) is 6.54 Å². The van der Waals surface area contributed by atoms with Crippen LogP contribution < -0.4 is 5.32 Å². The number of fused-ring (bicyclic) bond motifs is 1. The molecule has 0 spiro atoms. The molecule has 1 aliphatic heterocycles. The lowest BCUT2D eigenvalue weighted by molar-refractivity contribution is -0.130. The molecule has 2 amide bonds. The van der Waals surface area contributed by atoms with Gasteiger partial charge in [-0.3, -0.25) is 9.59 Å². The predicted octanol–water partition coefficient (Wildman–Crippen LogP) is 6.40. The van der Waals surface area contributed by atoms with Gasteiger partial charge in [0.2, 0.25) is 0 Å². The molecule has 0 radical (unpaired) electrons. The fourth-order valence-corrected chi connectivity index (χ4v) is 6.75. The van der Waals surface area contributed by atoms with E-state index < -0.39 is 0 Å².